The van der Waals surface area contributed by atoms with E-state index < -0.39 is 0 Å². The summed E-state index contributed by atoms with van der Waals surface area (Å²) in [4.78, 5) is 0. The first-order chi connectivity index (χ1) is 9.85. The highest BCUT2D eigenvalue weighted by Gasteiger charge is 2.33. The number of unbranched alkanes of at least 4 members (excludes halogenated alkanes) is 6. The summed E-state index contributed by atoms with van der Waals surface area (Å²) in [6.45, 7) is 5.52. The van der Waals surface area contributed by atoms with Crippen molar-refractivity contribution in [1.29, 1.82) is 0 Å². The Morgan fingerprint density at radius 2 is 1.60 bits per heavy atom. The minimum absolute atomic E-state index is 0.560. The zero-order chi connectivity index (χ0) is 14.1. The van der Waals surface area contributed by atoms with Gasteiger partial charge in [0.2, 0.25) is 0 Å². The van der Waals surface area contributed by atoms with Gasteiger partial charge in [0.15, 0.2) is 0 Å². The summed E-state index contributed by atoms with van der Waals surface area (Å²) in [6, 6.07) is 0.851. The highest BCUT2D eigenvalue weighted by molar-refractivity contribution is 4.89. The lowest BCUT2D eigenvalue weighted by Gasteiger charge is -2.38. The molecule has 20 heavy (non-hydrogen) atoms. The zero-order valence-electron chi connectivity index (χ0n) is 13.6. The minimum atomic E-state index is 0.560. The molecule has 1 saturated heterocycles. The van der Waals surface area contributed by atoms with Gasteiger partial charge in [-0.15, -0.1) is 0 Å². The lowest BCUT2D eigenvalue weighted by atomic mass is 9.75. The Hall–Kier alpha value is -0.0800. The van der Waals surface area contributed by atoms with Crippen LogP contribution in [0.25, 0.3) is 0 Å². The summed E-state index contributed by atoms with van der Waals surface area (Å²) in [5.74, 6) is 0. The van der Waals surface area contributed by atoms with Gasteiger partial charge in [-0.3, -0.25) is 0 Å². The summed E-state index contributed by atoms with van der Waals surface area (Å²) in [7, 11) is 0. The van der Waals surface area contributed by atoms with Gasteiger partial charge in [0, 0.05) is 25.8 Å². The molecule has 1 aliphatic heterocycles. The van der Waals surface area contributed by atoms with Crippen LogP contribution in [0.1, 0.15) is 84.0 Å². The van der Waals surface area contributed by atoms with E-state index in [1.165, 1.54) is 83.6 Å². The van der Waals surface area contributed by atoms with Crippen molar-refractivity contribution in [2.75, 3.05) is 19.8 Å². The van der Waals surface area contributed by atoms with Crippen LogP contribution in [0.3, 0.4) is 0 Å². The SMILES string of the molecule is CCCCCCCCCC1(CNC2CC2)CCOCC1. The summed E-state index contributed by atoms with van der Waals surface area (Å²) >= 11 is 0. The average Bonchev–Trinajstić information content (AvgIpc) is 3.30. The average molecular weight is 281 g/mol. The van der Waals surface area contributed by atoms with Crippen molar-refractivity contribution in [2.24, 2.45) is 5.41 Å². The quantitative estimate of drug-likeness (QED) is 0.555. The molecular formula is C18H35NO. The molecule has 2 nitrogen and oxygen atoms in total. The van der Waals surface area contributed by atoms with Gasteiger partial charge in [0.05, 0.1) is 0 Å². The predicted molar refractivity (Wildman–Crippen MR) is 86.1 cm³/mol. The van der Waals surface area contributed by atoms with Gasteiger partial charge >= 0.3 is 0 Å². The second kappa shape index (κ2) is 9.04. The van der Waals surface area contributed by atoms with E-state index in [9.17, 15) is 0 Å². The molecule has 1 aliphatic carbocycles. The van der Waals surface area contributed by atoms with Crippen LogP contribution in [0.2, 0.25) is 0 Å². The van der Waals surface area contributed by atoms with Gasteiger partial charge in [0.25, 0.3) is 0 Å². The molecule has 2 fully saturated rings. The molecule has 0 radical (unpaired) electrons. The molecule has 1 N–H and O–H groups in total. The Labute approximate surface area is 126 Å². The van der Waals surface area contributed by atoms with Crippen LogP contribution in [0.4, 0.5) is 0 Å². The van der Waals surface area contributed by atoms with Gasteiger partial charge in [-0.1, -0.05) is 51.9 Å². The van der Waals surface area contributed by atoms with Crippen LogP contribution in [0, 0.1) is 5.41 Å². The monoisotopic (exact) mass is 281 g/mol. The fraction of sp³-hybridized carbons (Fsp3) is 1.00. The Balaban J connectivity index is 1.59. The third-order valence-corrected chi connectivity index (χ3v) is 5.21. The first-order valence-electron chi connectivity index (χ1n) is 9.16. The molecule has 1 heterocycles. The van der Waals surface area contributed by atoms with Crippen molar-refractivity contribution in [3.63, 3.8) is 0 Å². The normalized spacial score (nSPS) is 22.1. The molecule has 0 unspecified atom stereocenters. The van der Waals surface area contributed by atoms with E-state index in [0.717, 1.165) is 19.3 Å². The molecule has 0 amide bonds. The zero-order valence-corrected chi connectivity index (χ0v) is 13.6. The predicted octanol–water partition coefficient (Wildman–Crippen LogP) is 4.68. The van der Waals surface area contributed by atoms with E-state index in [-0.39, 0.29) is 0 Å². The summed E-state index contributed by atoms with van der Waals surface area (Å²) in [5, 5.41) is 3.78. The Kier molecular flexibility index (Phi) is 7.37. The van der Waals surface area contributed by atoms with Crippen molar-refractivity contribution in [3.05, 3.63) is 0 Å². The number of ether oxygens (including phenoxy) is 1. The van der Waals surface area contributed by atoms with Gasteiger partial charge in [-0.25, -0.2) is 0 Å². The van der Waals surface area contributed by atoms with Crippen molar-refractivity contribution in [1.82, 2.24) is 5.32 Å². The molecule has 0 aromatic heterocycles. The molecule has 0 atom stereocenters. The first-order valence-corrected chi connectivity index (χ1v) is 9.16. The molecular weight excluding hydrogens is 246 g/mol. The molecule has 2 aliphatic rings. The number of rotatable bonds is 11. The smallest absolute Gasteiger partial charge is 0.0471 e. The van der Waals surface area contributed by atoms with E-state index in [1.54, 1.807) is 0 Å². The molecule has 0 spiro atoms. The molecule has 0 bridgehead atoms. The summed E-state index contributed by atoms with van der Waals surface area (Å²) < 4.78 is 5.59. The van der Waals surface area contributed by atoms with Crippen molar-refractivity contribution >= 4 is 0 Å². The van der Waals surface area contributed by atoms with Crippen molar-refractivity contribution in [3.8, 4) is 0 Å². The largest absolute Gasteiger partial charge is 0.381 e. The van der Waals surface area contributed by atoms with E-state index in [2.05, 4.69) is 12.2 Å². The molecule has 2 rings (SSSR count). The van der Waals surface area contributed by atoms with E-state index in [4.69, 9.17) is 4.74 Å². The van der Waals surface area contributed by atoms with Gasteiger partial charge in [-0.05, 0) is 37.5 Å². The van der Waals surface area contributed by atoms with E-state index in [1.807, 2.05) is 0 Å². The van der Waals surface area contributed by atoms with Crippen molar-refractivity contribution < 1.29 is 4.74 Å². The van der Waals surface area contributed by atoms with Crippen LogP contribution in [0.15, 0.2) is 0 Å². The molecule has 1 saturated carbocycles. The van der Waals surface area contributed by atoms with Gasteiger partial charge in [0.1, 0.15) is 0 Å². The Morgan fingerprint density at radius 1 is 0.950 bits per heavy atom. The maximum Gasteiger partial charge on any atom is 0.0471 e. The second-order valence-electron chi connectivity index (χ2n) is 7.14. The third kappa shape index (κ3) is 6.13. The highest BCUT2D eigenvalue weighted by Crippen LogP contribution is 2.36. The standard InChI is InChI=1S/C18H35NO/c1-2-3-4-5-6-7-8-11-18(12-14-20-15-13-18)16-19-17-9-10-17/h17,19H,2-16H2,1H3. The lowest BCUT2D eigenvalue weighted by Crippen LogP contribution is -2.40. The van der Waals surface area contributed by atoms with Gasteiger partial charge in [-0.2, -0.15) is 0 Å². The second-order valence-corrected chi connectivity index (χ2v) is 7.14. The van der Waals surface area contributed by atoms with Crippen LogP contribution >= 0.6 is 0 Å². The van der Waals surface area contributed by atoms with Crippen LogP contribution < -0.4 is 5.32 Å². The number of hydrogen-bond donors (Lipinski definition) is 1. The van der Waals surface area contributed by atoms with E-state index >= 15 is 0 Å². The lowest BCUT2D eigenvalue weighted by molar-refractivity contribution is 0.00894. The van der Waals surface area contributed by atoms with Gasteiger partial charge < -0.3 is 10.1 Å². The molecule has 0 aromatic carbocycles. The van der Waals surface area contributed by atoms with Crippen LogP contribution in [0.5, 0.6) is 0 Å². The molecule has 0 aromatic rings. The third-order valence-electron chi connectivity index (χ3n) is 5.21. The Bertz CT molecular complexity index is 244. The molecule has 118 valence electrons. The number of nitrogens with one attached hydrogen (secondary N) is 1. The first kappa shape index (κ1) is 16.3. The number of hydrogen-bond acceptors (Lipinski definition) is 2. The molecule has 2 heteroatoms. The maximum absolute atomic E-state index is 5.59. The van der Waals surface area contributed by atoms with Crippen LogP contribution in [-0.4, -0.2) is 25.8 Å². The highest BCUT2D eigenvalue weighted by atomic mass is 16.5. The summed E-state index contributed by atoms with van der Waals surface area (Å²) in [5.41, 5.74) is 0.560. The summed E-state index contributed by atoms with van der Waals surface area (Å²) in [6.07, 6.45) is 16.8. The topological polar surface area (TPSA) is 21.3 Å². The fourth-order valence-electron chi connectivity index (χ4n) is 3.42. The van der Waals surface area contributed by atoms with Crippen molar-refractivity contribution in [2.45, 2.75) is 90.0 Å². The Morgan fingerprint density at radius 3 is 2.25 bits per heavy atom. The maximum atomic E-state index is 5.59. The van der Waals surface area contributed by atoms with E-state index in [0.29, 0.717) is 5.41 Å². The van der Waals surface area contributed by atoms with Crippen LogP contribution in [-0.2, 0) is 4.74 Å². The fourth-order valence-corrected chi connectivity index (χ4v) is 3.42. The minimum Gasteiger partial charge on any atom is -0.381 e.